The minimum absolute atomic E-state index is 0.0865. The first kappa shape index (κ1) is 33.1. The van der Waals surface area contributed by atoms with Gasteiger partial charge in [-0.1, -0.05) is 38.8 Å². The molecule has 8 aliphatic rings. The summed E-state index contributed by atoms with van der Waals surface area (Å²) in [6.45, 7) is 12.6. The predicted octanol–water partition coefficient (Wildman–Crippen LogP) is 7.60. The number of carbonyl (C=O) groups is 2. The maximum absolute atomic E-state index is 16.6. The molecule has 256 valence electrons. The van der Waals surface area contributed by atoms with Crippen molar-refractivity contribution in [2.45, 2.75) is 161 Å². The highest BCUT2D eigenvalue weighted by molar-refractivity contribution is 5.92. The maximum atomic E-state index is 16.6. The zero-order chi connectivity index (χ0) is 33.3. The summed E-state index contributed by atoms with van der Waals surface area (Å²) in [5, 5.41) is 32.8. The van der Waals surface area contributed by atoms with Gasteiger partial charge in [0.1, 0.15) is 5.67 Å². The Kier molecular flexibility index (Phi) is 7.44. The van der Waals surface area contributed by atoms with Crippen LogP contribution in [-0.2, 0) is 9.59 Å². The largest absolute Gasteiger partial charge is 0.390 e. The fraction of sp³-hybridized carbons (Fsp3) is 0.850. The van der Waals surface area contributed by atoms with E-state index in [9.17, 15) is 24.9 Å². The van der Waals surface area contributed by atoms with Gasteiger partial charge in [0.25, 0.3) is 0 Å². The topological polar surface area (TPSA) is 94.8 Å². The molecule has 0 aromatic rings. The number of fused-ring (bicyclic) bond motifs is 10. The summed E-state index contributed by atoms with van der Waals surface area (Å²) in [6, 6.07) is 0. The average Bonchev–Trinajstić information content (AvgIpc) is 3.37. The van der Waals surface area contributed by atoms with E-state index >= 15 is 4.39 Å². The molecule has 5 nitrogen and oxygen atoms in total. The molecule has 0 aromatic carbocycles. The second-order valence-electron chi connectivity index (χ2n) is 18.7. The average molecular weight is 639 g/mol. The Morgan fingerprint density at radius 2 is 1.20 bits per heavy atom. The van der Waals surface area contributed by atoms with Crippen LogP contribution in [0.5, 0.6) is 0 Å². The summed E-state index contributed by atoms with van der Waals surface area (Å²) in [6.07, 6.45) is 15.3. The quantitative estimate of drug-likeness (QED) is 0.254. The van der Waals surface area contributed by atoms with Gasteiger partial charge in [-0.3, -0.25) is 9.59 Å². The van der Waals surface area contributed by atoms with Gasteiger partial charge in [-0.2, -0.15) is 0 Å². The van der Waals surface area contributed by atoms with Gasteiger partial charge >= 0.3 is 0 Å². The summed E-state index contributed by atoms with van der Waals surface area (Å²) < 4.78 is 16.6. The van der Waals surface area contributed by atoms with Crippen LogP contribution in [0.25, 0.3) is 0 Å². The maximum Gasteiger partial charge on any atom is 0.155 e. The molecule has 8 rings (SSSR count). The Hall–Kier alpha value is -1.37. The van der Waals surface area contributed by atoms with Crippen LogP contribution in [0, 0.1) is 51.2 Å². The Morgan fingerprint density at radius 3 is 1.89 bits per heavy atom. The summed E-state index contributed by atoms with van der Waals surface area (Å²) in [4.78, 5) is 23.7. The first-order valence-electron chi connectivity index (χ1n) is 18.6. The molecule has 0 heterocycles. The minimum atomic E-state index is -1.69. The molecule has 0 saturated heterocycles. The zero-order valence-electron chi connectivity index (χ0n) is 29.3. The van der Waals surface area contributed by atoms with Gasteiger partial charge in [0.15, 0.2) is 11.6 Å². The highest BCUT2D eigenvalue weighted by Crippen LogP contribution is 2.70. The highest BCUT2D eigenvalue weighted by atomic mass is 19.1. The Labute approximate surface area is 275 Å². The molecule has 0 bridgehead atoms. The number of hydrogen-bond acceptors (Lipinski definition) is 5. The summed E-state index contributed by atoms with van der Waals surface area (Å²) >= 11 is 0. The molecular formula is C40H59FO5. The summed E-state index contributed by atoms with van der Waals surface area (Å²) in [5.41, 5.74) is -1.51. The Bertz CT molecular complexity index is 1380. The first-order chi connectivity index (χ1) is 21.3. The minimum Gasteiger partial charge on any atom is -0.390 e. The number of alkyl halides is 1. The van der Waals surface area contributed by atoms with Crippen molar-refractivity contribution in [2.24, 2.45) is 51.2 Å². The second kappa shape index (κ2) is 10.3. The van der Waals surface area contributed by atoms with Gasteiger partial charge in [-0.15, -0.1) is 0 Å². The van der Waals surface area contributed by atoms with E-state index in [-0.39, 0.29) is 28.4 Å². The fourth-order valence-electron chi connectivity index (χ4n) is 13.6. The molecule has 46 heavy (non-hydrogen) atoms. The van der Waals surface area contributed by atoms with Gasteiger partial charge in [0.05, 0.1) is 17.3 Å². The normalized spacial score (nSPS) is 55.7. The molecule has 0 unspecified atom stereocenters. The number of ketones is 2. The zero-order valence-corrected chi connectivity index (χ0v) is 29.3. The number of halogens is 1. The van der Waals surface area contributed by atoms with E-state index in [0.717, 1.165) is 62.4 Å². The number of aliphatic hydroxyl groups is 3. The van der Waals surface area contributed by atoms with Crippen LogP contribution in [0.15, 0.2) is 23.3 Å². The molecule has 0 aromatic heterocycles. The van der Waals surface area contributed by atoms with E-state index in [2.05, 4.69) is 20.8 Å². The van der Waals surface area contributed by atoms with Crippen molar-refractivity contribution in [3.8, 4) is 0 Å². The van der Waals surface area contributed by atoms with E-state index in [1.54, 1.807) is 6.08 Å². The third-order valence-electron chi connectivity index (χ3n) is 17.1. The molecule has 13 atom stereocenters. The van der Waals surface area contributed by atoms with Crippen LogP contribution >= 0.6 is 0 Å². The lowest BCUT2D eigenvalue weighted by molar-refractivity contribution is -0.225. The molecule has 6 saturated carbocycles. The molecule has 0 radical (unpaired) electrons. The highest BCUT2D eigenvalue weighted by Gasteiger charge is 2.72. The Balaban J connectivity index is 0.000000147. The number of rotatable bonds is 0. The van der Waals surface area contributed by atoms with Crippen molar-refractivity contribution in [1.82, 2.24) is 0 Å². The van der Waals surface area contributed by atoms with Crippen LogP contribution in [0.4, 0.5) is 4.39 Å². The lowest BCUT2D eigenvalue weighted by Gasteiger charge is -2.63. The Morgan fingerprint density at radius 1 is 0.630 bits per heavy atom. The molecule has 6 fully saturated rings. The van der Waals surface area contributed by atoms with Crippen molar-refractivity contribution in [1.29, 1.82) is 0 Å². The van der Waals surface area contributed by atoms with Crippen LogP contribution in [0.1, 0.15) is 138 Å². The summed E-state index contributed by atoms with van der Waals surface area (Å²) in [7, 11) is 0. The lowest BCUT2D eigenvalue weighted by Crippen LogP contribution is -2.68. The van der Waals surface area contributed by atoms with Gasteiger partial charge < -0.3 is 15.3 Å². The van der Waals surface area contributed by atoms with Crippen LogP contribution in [0.3, 0.4) is 0 Å². The van der Waals surface area contributed by atoms with Gasteiger partial charge in [-0.05, 0) is 144 Å². The van der Waals surface area contributed by atoms with Gasteiger partial charge in [0, 0.05) is 29.6 Å². The number of aliphatic hydroxyl groups excluding tert-OH is 1. The molecular weight excluding hydrogens is 579 g/mol. The van der Waals surface area contributed by atoms with E-state index < -0.39 is 33.8 Å². The van der Waals surface area contributed by atoms with E-state index in [1.807, 2.05) is 26.8 Å². The van der Waals surface area contributed by atoms with Gasteiger partial charge in [0.2, 0.25) is 0 Å². The van der Waals surface area contributed by atoms with E-state index in [1.165, 1.54) is 24.8 Å². The second-order valence-corrected chi connectivity index (χ2v) is 18.7. The van der Waals surface area contributed by atoms with Crippen molar-refractivity contribution in [3.63, 3.8) is 0 Å². The molecule has 0 aliphatic heterocycles. The predicted molar refractivity (Wildman–Crippen MR) is 176 cm³/mol. The molecule has 0 spiro atoms. The van der Waals surface area contributed by atoms with E-state index in [0.29, 0.717) is 43.8 Å². The van der Waals surface area contributed by atoms with Crippen LogP contribution in [-0.4, -0.2) is 49.9 Å². The van der Waals surface area contributed by atoms with E-state index in [4.69, 9.17) is 0 Å². The van der Waals surface area contributed by atoms with Crippen molar-refractivity contribution in [3.05, 3.63) is 23.3 Å². The van der Waals surface area contributed by atoms with Gasteiger partial charge in [-0.25, -0.2) is 4.39 Å². The third kappa shape index (κ3) is 4.20. The number of hydrogen-bond donors (Lipinski definition) is 3. The smallest absolute Gasteiger partial charge is 0.155 e. The van der Waals surface area contributed by atoms with Crippen molar-refractivity contribution >= 4 is 11.6 Å². The molecule has 6 heteroatoms. The summed E-state index contributed by atoms with van der Waals surface area (Å²) in [5.74, 6) is 2.44. The number of carbonyl (C=O) groups excluding carboxylic acids is 2. The van der Waals surface area contributed by atoms with Crippen molar-refractivity contribution < 1.29 is 29.3 Å². The van der Waals surface area contributed by atoms with Crippen LogP contribution in [0.2, 0.25) is 0 Å². The molecule has 3 N–H and O–H groups in total. The fourth-order valence-corrected chi connectivity index (χ4v) is 13.6. The standard InChI is InChI=1S/C20H29FO3.C20H30O2/c1-17-8-6-13(22)10-12(17)4-5-15-14-7-9-19(3,24)18(14,2)11-16(23)20(15,17)21;1-18-9-6-14(21)12-13(18)4-5-15-16(18)7-10-19(2)17(15)8-11-20(19,3)22/h10,14-16,23-24H,4-9,11H2,1-3H3;12,15-17,22H,4-11H2,1-3H3/t14-,15-,16-,17-,18-,19-,20-;15-,16+,17+,18+,19+,20+/m01/s1. The first-order valence-corrected chi connectivity index (χ1v) is 18.6. The van der Waals surface area contributed by atoms with Crippen LogP contribution < -0.4 is 0 Å². The third-order valence-corrected chi connectivity index (χ3v) is 17.1. The molecule has 8 aliphatic carbocycles. The lowest BCUT2D eigenvalue weighted by atomic mass is 9.44. The van der Waals surface area contributed by atoms with Crippen molar-refractivity contribution in [2.75, 3.05) is 0 Å². The molecule has 0 amide bonds. The SMILES string of the molecule is C[C@]1(O)CC[C@H]2[C@@H]3CCC4=CC(=O)CC[C@]4(C)[C@@]3(F)[C@@H](O)C[C@@]21C.C[C@]12CCC(=O)C=C1CC[C@@H]1[C@@H]2CC[C@@]2(C)[C@H]1CC[C@]2(C)O. The number of allylic oxidation sites excluding steroid dienone is 2. The monoisotopic (exact) mass is 638 g/mol.